The molecule has 0 bridgehead atoms. The lowest BCUT2D eigenvalue weighted by Crippen LogP contribution is -2.31. The molecule has 1 N–H and O–H groups in total. The van der Waals surface area contributed by atoms with Gasteiger partial charge in [-0.15, -0.1) is 0 Å². The van der Waals surface area contributed by atoms with Gasteiger partial charge >= 0.3 is 5.97 Å². The van der Waals surface area contributed by atoms with Crippen molar-refractivity contribution < 1.29 is 24.2 Å². The summed E-state index contributed by atoms with van der Waals surface area (Å²) in [5.41, 5.74) is 2.76. The van der Waals surface area contributed by atoms with E-state index < -0.39 is 23.6 Å². The molecule has 1 unspecified atom stereocenters. The van der Waals surface area contributed by atoms with Gasteiger partial charge in [0.05, 0.1) is 19.8 Å². The first kappa shape index (κ1) is 16.8. The molecule has 0 aliphatic carbocycles. The lowest BCUT2D eigenvalue weighted by Gasteiger charge is -2.24. The summed E-state index contributed by atoms with van der Waals surface area (Å²) in [4.78, 5) is 26.1. The van der Waals surface area contributed by atoms with Gasteiger partial charge in [-0.05, 0) is 30.2 Å². The van der Waals surface area contributed by atoms with Crippen LogP contribution >= 0.6 is 0 Å². The van der Waals surface area contributed by atoms with E-state index in [1.165, 1.54) is 4.90 Å². The summed E-state index contributed by atoms with van der Waals surface area (Å²) in [7, 11) is 0. The van der Waals surface area contributed by atoms with Gasteiger partial charge in [-0.2, -0.15) is 0 Å². The fourth-order valence-corrected chi connectivity index (χ4v) is 3.57. The smallest absolute Gasteiger partial charge is 0.320 e. The van der Waals surface area contributed by atoms with Crippen molar-refractivity contribution in [1.82, 2.24) is 0 Å². The number of hydrogen-bond donors (Lipinski definition) is 1. The molecule has 2 aromatic carbocycles. The highest BCUT2D eigenvalue weighted by Gasteiger charge is 2.43. The van der Waals surface area contributed by atoms with E-state index in [4.69, 9.17) is 9.47 Å². The van der Waals surface area contributed by atoms with E-state index in [-0.39, 0.29) is 0 Å². The Morgan fingerprint density at radius 3 is 2.54 bits per heavy atom. The highest BCUT2D eigenvalue weighted by molar-refractivity contribution is 6.15. The number of fused-ring (bicyclic) bond motifs is 1. The third kappa shape index (κ3) is 2.67. The second-order valence-electron chi connectivity index (χ2n) is 6.60. The molecule has 1 fully saturated rings. The van der Waals surface area contributed by atoms with Gasteiger partial charge in [-0.1, -0.05) is 36.4 Å². The van der Waals surface area contributed by atoms with Gasteiger partial charge in [0.2, 0.25) is 5.91 Å². The van der Waals surface area contributed by atoms with E-state index in [9.17, 15) is 14.7 Å². The van der Waals surface area contributed by atoms with Gasteiger partial charge in [-0.3, -0.25) is 9.59 Å². The highest BCUT2D eigenvalue weighted by atomic mass is 16.7. The number of benzene rings is 2. The standard InChI is InChI=1S/C20H19NO5/c1-20(25-9-10-26-20)14-7-8-16-15(11-14)17(19(23)24)18(22)21(16)12-13-5-3-2-4-6-13/h2-8,11,17H,9-10,12H2,1H3,(H,23,24). The maximum Gasteiger partial charge on any atom is 0.320 e. The van der Waals surface area contributed by atoms with Crippen molar-refractivity contribution in [3.8, 4) is 0 Å². The monoisotopic (exact) mass is 353 g/mol. The maximum absolute atomic E-state index is 12.8. The molecule has 0 aromatic heterocycles. The summed E-state index contributed by atoms with van der Waals surface area (Å²) in [5, 5.41) is 9.62. The largest absolute Gasteiger partial charge is 0.480 e. The zero-order chi connectivity index (χ0) is 18.3. The maximum atomic E-state index is 12.8. The number of anilines is 1. The summed E-state index contributed by atoms with van der Waals surface area (Å²) in [6.07, 6.45) is 0. The van der Waals surface area contributed by atoms with E-state index in [1.54, 1.807) is 19.1 Å². The van der Waals surface area contributed by atoms with Gasteiger partial charge < -0.3 is 19.5 Å². The number of carboxylic acids is 1. The zero-order valence-corrected chi connectivity index (χ0v) is 14.3. The Morgan fingerprint density at radius 2 is 1.88 bits per heavy atom. The van der Waals surface area contributed by atoms with Crippen molar-refractivity contribution in [3.05, 3.63) is 65.2 Å². The third-order valence-corrected chi connectivity index (χ3v) is 4.94. The Balaban J connectivity index is 1.75. The first-order valence-electron chi connectivity index (χ1n) is 8.50. The van der Waals surface area contributed by atoms with Crippen LogP contribution in [-0.2, 0) is 31.4 Å². The molecule has 0 radical (unpaired) electrons. The number of carboxylic acid groups (broad SMARTS) is 1. The first-order chi connectivity index (χ1) is 12.5. The van der Waals surface area contributed by atoms with Gasteiger partial charge in [0.1, 0.15) is 0 Å². The van der Waals surface area contributed by atoms with Crippen LogP contribution in [0, 0.1) is 0 Å². The zero-order valence-electron chi connectivity index (χ0n) is 14.3. The number of aliphatic carboxylic acids is 1. The minimum atomic E-state index is -1.21. The van der Waals surface area contributed by atoms with E-state index >= 15 is 0 Å². The summed E-state index contributed by atoms with van der Waals surface area (Å²) in [6.45, 7) is 3.10. The van der Waals surface area contributed by atoms with Crippen LogP contribution in [0.3, 0.4) is 0 Å². The Morgan fingerprint density at radius 1 is 1.19 bits per heavy atom. The number of hydrogen-bond acceptors (Lipinski definition) is 4. The van der Waals surface area contributed by atoms with Crippen molar-refractivity contribution in [2.75, 3.05) is 18.1 Å². The van der Waals surface area contributed by atoms with Crippen LogP contribution in [-0.4, -0.2) is 30.2 Å². The number of rotatable bonds is 4. The topological polar surface area (TPSA) is 76.1 Å². The number of amides is 1. The molecule has 2 aliphatic rings. The Labute approximate surface area is 151 Å². The average molecular weight is 353 g/mol. The molecule has 2 aromatic rings. The number of carbonyl (C=O) groups excluding carboxylic acids is 1. The van der Waals surface area contributed by atoms with Crippen molar-refractivity contribution in [2.24, 2.45) is 0 Å². The molecule has 6 nitrogen and oxygen atoms in total. The number of ether oxygens (including phenoxy) is 2. The molecule has 1 amide bonds. The second-order valence-corrected chi connectivity index (χ2v) is 6.60. The molecule has 4 rings (SSSR count). The lowest BCUT2D eigenvalue weighted by atomic mass is 9.96. The van der Waals surface area contributed by atoms with Gasteiger partial charge in [0, 0.05) is 11.3 Å². The molecule has 134 valence electrons. The minimum Gasteiger partial charge on any atom is -0.480 e. The molecule has 1 saturated heterocycles. The summed E-state index contributed by atoms with van der Waals surface area (Å²) in [5.74, 6) is -3.69. The molecule has 6 heteroatoms. The second kappa shape index (κ2) is 6.23. The highest BCUT2D eigenvalue weighted by Crippen LogP contribution is 2.42. The number of carbonyl (C=O) groups is 2. The SMILES string of the molecule is CC1(c2ccc3c(c2)C(C(=O)O)C(=O)N3Cc2ccccc2)OCCO1. The summed E-state index contributed by atoms with van der Waals surface area (Å²) >= 11 is 0. The van der Waals surface area contributed by atoms with Gasteiger partial charge in [0.15, 0.2) is 11.7 Å². The summed E-state index contributed by atoms with van der Waals surface area (Å²) < 4.78 is 11.3. The molecule has 2 aliphatic heterocycles. The van der Waals surface area contributed by atoms with Crippen molar-refractivity contribution in [3.63, 3.8) is 0 Å². The van der Waals surface area contributed by atoms with Crippen LogP contribution in [0.5, 0.6) is 0 Å². The minimum absolute atomic E-state index is 0.333. The molecular formula is C20H19NO5. The van der Waals surface area contributed by atoms with Crippen molar-refractivity contribution in [2.45, 2.75) is 25.2 Å². The summed E-state index contributed by atoms with van der Waals surface area (Å²) in [6, 6.07) is 14.9. The number of nitrogens with zero attached hydrogens (tertiary/aromatic N) is 1. The Bertz CT molecular complexity index is 858. The fraction of sp³-hybridized carbons (Fsp3) is 0.300. The van der Waals surface area contributed by atoms with E-state index in [2.05, 4.69) is 0 Å². The van der Waals surface area contributed by atoms with E-state index in [0.29, 0.717) is 31.0 Å². The molecule has 26 heavy (non-hydrogen) atoms. The average Bonchev–Trinajstić information content (AvgIpc) is 3.18. The van der Waals surface area contributed by atoms with Crippen molar-refractivity contribution in [1.29, 1.82) is 0 Å². The predicted molar refractivity (Wildman–Crippen MR) is 93.7 cm³/mol. The first-order valence-corrected chi connectivity index (χ1v) is 8.50. The Kier molecular flexibility index (Phi) is 4.01. The van der Waals surface area contributed by atoms with Crippen LogP contribution in [0.15, 0.2) is 48.5 Å². The third-order valence-electron chi connectivity index (χ3n) is 4.94. The van der Waals surface area contributed by atoms with Crippen LogP contribution in [0.4, 0.5) is 5.69 Å². The van der Waals surface area contributed by atoms with Crippen LogP contribution in [0.1, 0.15) is 29.5 Å². The van der Waals surface area contributed by atoms with Crippen LogP contribution < -0.4 is 4.90 Å². The lowest BCUT2D eigenvalue weighted by molar-refractivity contribution is -0.150. The van der Waals surface area contributed by atoms with E-state index in [0.717, 1.165) is 11.1 Å². The Hall–Kier alpha value is -2.70. The molecular weight excluding hydrogens is 334 g/mol. The van der Waals surface area contributed by atoms with E-state index in [1.807, 2.05) is 36.4 Å². The van der Waals surface area contributed by atoms with Crippen LogP contribution in [0.25, 0.3) is 0 Å². The quantitative estimate of drug-likeness (QED) is 0.855. The fourth-order valence-electron chi connectivity index (χ4n) is 3.57. The molecule has 0 spiro atoms. The van der Waals surface area contributed by atoms with Gasteiger partial charge in [0.25, 0.3) is 0 Å². The molecule has 1 atom stereocenters. The van der Waals surface area contributed by atoms with Crippen LogP contribution in [0.2, 0.25) is 0 Å². The molecule has 0 saturated carbocycles. The van der Waals surface area contributed by atoms with Gasteiger partial charge in [-0.25, -0.2) is 0 Å². The normalized spacial score (nSPS) is 21.0. The van der Waals surface area contributed by atoms with Crippen molar-refractivity contribution >= 4 is 17.6 Å². The molecule has 2 heterocycles. The predicted octanol–water partition coefficient (Wildman–Crippen LogP) is 2.62.